The van der Waals surface area contributed by atoms with Gasteiger partial charge in [-0.2, -0.15) is 0 Å². The number of alkyl halides is 1. The molecule has 2 heteroatoms. The van der Waals surface area contributed by atoms with Crippen LogP contribution in [0.3, 0.4) is 0 Å². The van der Waals surface area contributed by atoms with E-state index in [1.807, 2.05) is 12.1 Å². The van der Waals surface area contributed by atoms with E-state index in [1.165, 1.54) is 44.1 Å². The third-order valence-corrected chi connectivity index (χ3v) is 4.03. The summed E-state index contributed by atoms with van der Waals surface area (Å²) in [6.45, 7) is 2.25. The van der Waals surface area contributed by atoms with Crippen LogP contribution < -0.4 is 0 Å². The van der Waals surface area contributed by atoms with Crippen molar-refractivity contribution < 1.29 is 0 Å². The molecule has 1 atom stereocenters. The van der Waals surface area contributed by atoms with Gasteiger partial charge in [0.1, 0.15) is 0 Å². The molecule has 0 aliphatic carbocycles. The highest BCUT2D eigenvalue weighted by atomic mass is 79.9. The van der Waals surface area contributed by atoms with Crippen molar-refractivity contribution in [2.45, 2.75) is 50.3 Å². The Labute approximate surface area is 113 Å². The molecule has 1 aromatic carbocycles. The van der Waals surface area contributed by atoms with Crippen LogP contribution in [-0.2, 0) is 0 Å². The number of unbranched alkanes of at least 4 members (excludes halogenated alkanes) is 4. The second kappa shape index (κ2) is 8.14. The van der Waals surface area contributed by atoms with E-state index in [0.29, 0.717) is 4.83 Å². The molecule has 0 bridgehead atoms. The minimum absolute atomic E-state index is 0.478. The van der Waals surface area contributed by atoms with Gasteiger partial charge < -0.3 is 0 Å². The molecule has 0 aromatic heterocycles. The molecule has 0 aliphatic heterocycles. The van der Waals surface area contributed by atoms with Crippen molar-refractivity contribution in [1.82, 2.24) is 0 Å². The average Bonchev–Trinajstić information content (AvgIpc) is 2.29. The van der Waals surface area contributed by atoms with E-state index in [4.69, 9.17) is 11.6 Å². The third-order valence-electron chi connectivity index (χ3n) is 2.79. The molecule has 0 saturated heterocycles. The molecule has 1 unspecified atom stereocenters. The quantitative estimate of drug-likeness (QED) is 0.419. The molecule has 0 nitrogen and oxygen atoms in total. The standard InChI is InChI=1S/C14H20BrCl/c1-2-3-4-5-6-7-14(15)12-8-10-13(16)11-9-12/h8-11,14H,2-7H2,1H3. The highest BCUT2D eigenvalue weighted by Gasteiger charge is 2.06. The molecule has 1 rings (SSSR count). The molecule has 0 N–H and O–H groups in total. The summed E-state index contributed by atoms with van der Waals surface area (Å²) in [6.07, 6.45) is 7.92. The Bertz CT molecular complexity index is 281. The van der Waals surface area contributed by atoms with Crippen LogP contribution in [0.25, 0.3) is 0 Å². The van der Waals surface area contributed by atoms with Crippen LogP contribution in [0.1, 0.15) is 55.8 Å². The summed E-state index contributed by atoms with van der Waals surface area (Å²) in [6, 6.07) is 8.13. The zero-order valence-corrected chi connectivity index (χ0v) is 12.2. The van der Waals surface area contributed by atoms with Crippen LogP contribution in [0, 0.1) is 0 Å². The molecule has 0 aliphatic rings. The van der Waals surface area contributed by atoms with Crippen molar-refractivity contribution in [3.63, 3.8) is 0 Å². The number of rotatable bonds is 7. The van der Waals surface area contributed by atoms with Gasteiger partial charge >= 0.3 is 0 Å². The van der Waals surface area contributed by atoms with E-state index in [9.17, 15) is 0 Å². The summed E-state index contributed by atoms with van der Waals surface area (Å²) >= 11 is 9.60. The Kier molecular flexibility index (Phi) is 7.15. The number of hydrogen-bond donors (Lipinski definition) is 0. The number of benzene rings is 1. The summed E-state index contributed by atoms with van der Waals surface area (Å²) in [7, 11) is 0. The summed E-state index contributed by atoms with van der Waals surface area (Å²) < 4.78 is 0. The smallest absolute Gasteiger partial charge is 0.0406 e. The zero-order valence-electron chi connectivity index (χ0n) is 9.89. The van der Waals surface area contributed by atoms with E-state index in [1.54, 1.807) is 0 Å². The lowest BCUT2D eigenvalue weighted by Crippen LogP contribution is -1.90. The Morgan fingerprint density at radius 2 is 1.69 bits per heavy atom. The summed E-state index contributed by atoms with van der Waals surface area (Å²) in [4.78, 5) is 0.478. The van der Waals surface area contributed by atoms with Crippen LogP contribution in [0.4, 0.5) is 0 Å². The lowest BCUT2D eigenvalue weighted by Gasteiger charge is -2.09. The van der Waals surface area contributed by atoms with Gasteiger partial charge in [-0.3, -0.25) is 0 Å². The second-order valence-electron chi connectivity index (χ2n) is 4.22. The summed E-state index contributed by atoms with van der Waals surface area (Å²) in [5, 5.41) is 0.811. The molecule has 0 heterocycles. The van der Waals surface area contributed by atoms with Gasteiger partial charge in [0.25, 0.3) is 0 Å². The molecular weight excluding hydrogens is 284 g/mol. The van der Waals surface area contributed by atoms with Crippen molar-refractivity contribution in [1.29, 1.82) is 0 Å². The van der Waals surface area contributed by atoms with Crippen LogP contribution >= 0.6 is 27.5 Å². The van der Waals surface area contributed by atoms with E-state index in [-0.39, 0.29) is 0 Å². The number of halogens is 2. The van der Waals surface area contributed by atoms with Crippen molar-refractivity contribution in [2.75, 3.05) is 0 Å². The van der Waals surface area contributed by atoms with E-state index in [2.05, 4.69) is 35.0 Å². The number of hydrogen-bond acceptors (Lipinski definition) is 0. The SMILES string of the molecule is CCCCCCCC(Br)c1ccc(Cl)cc1. The van der Waals surface area contributed by atoms with Crippen molar-refractivity contribution in [2.24, 2.45) is 0 Å². The molecule has 16 heavy (non-hydrogen) atoms. The van der Waals surface area contributed by atoms with Gasteiger partial charge in [0.2, 0.25) is 0 Å². The molecule has 0 amide bonds. The summed E-state index contributed by atoms with van der Waals surface area (Å²) in [5.74, 6) is 0. The van der Waals surface area contributed by atoms with E-state index < -0.39 is 0 Å². The third kappa shape index (κ3) is 5.36. The topological polar surface area (TPSA) is 0 Å². The predicted octanol–water partition coefficient (Wildman–Crippen LogP) is 6.14. The average molecular weight is 304 g/mol. The van der Waals surface area contributed by atoms with Crippen molar-refractivity contribution >= 4 is 27.5 Å². The van der Waals surface area contributed by atoms with Crippen LogP contribution in [0.2, 0.25) is 5.02 Å². The first kappa shape index (κ1) is 14.1. The first-order valence-corrected chi connectivity index (χ1v) is 7.43. The molecule has 0 fully saturated rings. The maximum Gasteiger partial charge on any atom is 0.0406 e. The van der Waals surface area contributed by atoms with Crippen LogP contribution in [-0.4, -0.2) is 0 Å². The fourth-order valence-corrected chi connectivity index (χ4v) is 2.52. The van der Waals surface area contributed by atoms with Gasteiger partial charge in [0.05, 0.1) is 0 Å². The largest absolute Gasteiger partial charge is 0.0843 e. The minimum atomic E-state index is 0.478. The van der Waals surface area contributed by atoms with Crippen molar-refractivity contribution in [3.8, 4) is 0 Å². The van der Waals surface area contributed by atoms with E-state index in [0.717, 1.165) is 5.02 Å². The lowest BCUT2D eigenvalue weighted by atomic mass is 10.1. The van der Waals surface area contributed by atoms with Gasteiger partial charge in [-0.25, -0.2) is 0 Å². The molecule has 0 radical (unpaired) electrons. The molecule has 90 valence electrons. The highest BCUT2D eigenvalue weighted by Crippen LogP contribution is 2.29. The van der Waals surface area contributed by atoms with Gasteiger partial charge in [-0.15, -0.1) is 0 Å². The van der Waals surface area contributed by atoms with E-state index >= 15 is 0 Å². The second-order valence-corrected chi connectivity index (χ2v) is 5.76. The Balaban J connectivity index is 2.24. The van der Waals surface area contributed by atoms with Crippen LogP contribution in [0.15, 0.2) is 24.3 Å². The first-order valence-electron chi connectivity index (χ1n) is 6.13. The monoisotopic (exact) mass is 302 g/mol. The van der Waals surface area contributed by atoms with Gasteiger partial charge in [-0.1, -0.05) is 78.7 Å². The molecular formula is C14H20BrCl. The maximum absolute atomic E-state index is 5.86. The lowest BCUT2D eigenvalue weighted by molar-refractivity contribution is 0.606. The Morgan fingerprint density at radius 1 is 1.06 bits per heavy atom. The van der Waals surface area contributed by atoms with Crippen LogP contribution in [0.5, 0.6) is 0 Å². The van der Waals surface area contributed by atoms with Gasteiger partial charge in [0, 0.05) is 9.85 Å². The first-order chi connectivity index (χ1) is 7.74. The fourth-order valence-electron chi connectivity index (χ4n) is 1.77. The Hall–Kier alpha value is -0.0100. The highest BCUT2D eigenvalue weighted by molar-refractivity contribution is 9.09. The molecule has 1 aromatic rings. The minimum Gasteiger partial charge on any atom is -0.0843 e. The molecule has 0 saturated carbocycles. The summed E-state index contributed by atoms with van der Waals surface area (Å²) in [5.41, 5.74) is 1.33. The predicted molar refractivity (Wildman–Crippen MR) is 76.5 cm³/mol. The van der Waals surface area contributed by atoms with Gasteiger partial charge in [0.15, 0.2) is 0 Å². The fraction of sp³-hybridized carbons (Fsp3) is 0.571. The molecule has 0 spiro atoms. The van der Waals surface area contributed by atoms with Gasteiger partial charge in [-0.05, 0) is 24.1 Å². The Morgan fingerprint density at radius 3 is 2.31 bits per heavy atom. The normalized spacial score (nSPS) is 12.7. The van der Waals surface area contributed by atoms with Crippen molar-refractivity contribution in [3.05, 3.63) is 34.9 Å². The maximum atomic E-state index is 5.86. The zero-order chi connectivity index (χ0) is 11.8.